The Labute approximate surface area is 206 Å². The van der Waals surface area contributed by atoms with Gasteiger partial charge in [-0.05, 0) is 47.9 Å². The molecule has 1 saturated heterocycles. The number of carbonyl (C=O) groups is 1. The maximum Gasteiger partial charge on any atom is 0.251 e. The molecule has 34 heavy (non-hydrogen) atoms. The molecule has 178 valence electrons. The van der Waals surface area contributed by atoms with Gasteiger partial charge in [-0.3, -0.25) is 14.0 Å². The summed E-state index contributed by atoms with van der Waals surface area (Å²) in [7, 11) is -3.55. The highest BCUT2D eigenvalue weighted by Gasteiger charge is 2.25. The first-order valence-corrected chi connectivity index (χ1v) is 13.4. The van der Waals surface area contributed by atoms with Gasteiger partial charge in [-0.1, -0.05) is 60.1 Å². The number of sulfonamides is 1. The number of hydrogen-bond donors (Lipinski definition) is 1. The number of halogens is 1. The first-order valence-electron chi connectivity index (χ1n) is 11.2. The molecule has 1 aliphatic heterocycles. The Kier molecular flexibility index (Phi) is 7.56. The van der Waals surface area contributed by atoms with Gasteiger partial charge in [0.05, 0.1) is 18.5 Å². The van der Waals surface area contributed by atoms with Gasteiger partial charge < -0.3 is 5.32 Å². The average molecular weight is 498 g/mol. The largest absolute Gasteiger partial charge is 0.348 e. The number of amides is 1. The molecule has 1 unspecified atom stereocenters. The SMILES string of the molecule is CS(=O)(=O)N(Cc1ccccc1Cl)c1ccc(C(=O)NC2CCN(Cc3ccccc3)C2)cc1. The molecule has 1 N–H and O–H groups in total. The van der Waals surface area contributed by atoms with E-state index in [0.717, 1.165) is 32.3 Å². The molecular formula is C26H28ClN3O3S. The fourth-order valence-corrected chi connectivity index (χ4v) is 5.24. The monoisotopic (exact) mass is 497 g/mol. The van der Waals surface area contributed by atoms with Gasteiger partial charge >= 0.3 is 0 Å². The minimum absolute atomic E-state index is 0.0867. The summed E-state index contributed by atoms with van der Waals surface area (Å²) in [6.07, 6.45) is 2.06. The predicted molar refractivity (Wildman–Crippen MR) is 137 cm³/mol. The number of carbonyl (C=O) groups excluding carboxylic acids is 1. The van der Waals surface area contributed by atoms with E-state index in [1.54, 1.807) is 42.5 Å². The third-order valence-electron chi connectivity index (χ3n) is 5.95. The summed E-state index contributed by atoms with van der Waals surface area (Å²) in [6.45, 7) is 2.72. The van der Waals surface area contributed by atoms with E-state index < -0.39 is 10.0 Å². The smallest absolute Gasteiger partial charge is 0.251 e. The third-order valence-corrected chi connectivity index (χ3v) is 7.46. The van der Waals surface area contributed by atoms with Crippen molar-refractivity contribution in [2.45, 2.75) is 25.6 Å². The lowest BCUT2D eigenvalue weighted by molar-refractivity contribution is 0.0937. The summed E-state index contributed by atoms with van der Waals surface area (Å²) in [5.74, 6) is -0.157. The molecule has 0 radical (unpaired) electrons. The zero-order valence-electron chi connectivity index (χ0n) is 19.0. The predicted octanol–water partition coefficient (Wildman–Crippen LogP) is 4.31. The van der Waals surface area contributed by atoms with Gasteiger partial charge in [0.1, 0.15) is 0 Å². The van der Waals surface area contributed by atoms with Gasteiger partial charge in [-0.15, -0.1) is 0 Å². The molecule has 3 aromatic carbocycles. The molecule has 1 amide bonds. The van der Waals surface area contributed by atoms with E-state index in [2.05, 4.69) is 22.3 Å². The van der Waals surface area contributed by atoms with Crippen LogP contribution < -0.4 is 9.62 Å². The van der Waals surface area contributed by atoms with Gasteiger partial charge in [0, 0.05) is 36.3 Å². The standard InChI is InChI=1S/C26H28ClN3O3S/c1-34(32,33)30(18-22-9-5-6-10-25(22)27)24-13-11-21(12-14-24)26(31)28-23-15-16-29(19-23)17-20-7-3-2-4-8-20/h2-14,23H,15-19H2,1H3,(H,28,31). The first-order chi connectivity index (χ1) is 16.3. The van der Waals surface area contributed by atoms with E-state index in [0.29, 0.717) is 21.8 Å². The summed E-state index contributed by atoms with van der Waals surface area (Å²) in [5, 5.41) is 3.61. The van der Waals surface area contributed by atoms with Crippen LogP contribution in [0, 0.1) is 0 Å². The molecule has 1 atom stereocenters. The van der Waals surface area contributed by atoms with Crippen molar-refractivity contribution < 1.29 is 13.2 Å². The zero-order chi connectivity index (χ0) is 24.1. The van der Waals surface area contributed by atoms with Crippen LogP contribution >= 0.6 is 11.6 Å². The minimum Gasteiger partial charge on any atom is -0.348 e. The molecule has 1 aliphatic rings. The van der Waals surface area contributed by atoms with Crippen molar-refractivity contribution in [2.75, 3.05) is 23.7 Å². The number of likely N-dealkylation sites (tertiary alicyclic amines) is 1. The van der Waals surface area contributed by atoms with Gasteiger partial charge in [0.25, 0.3) is 5.91 Å². The molecule has 3 aromatic rings. The van der Waals surface area contributed by atoms with Crippen LogP contribution in [0.3, 0.4) is 0 Å². The van der Waals surface area contributed by atoms with Crippen LogP contribution in [0.5, 0.6) is 0 Å². The maximum atomic E-state index is 12.8. The van der Waals surface area contributed by atoms with E-state index in [9.17, 15) is 13.2 Å². The molecule has 4 rings (SSSR count). The average Bonchev–Trinajstić information content (AvgIpc) is 3.25. The number of hydrogen-bond acceptors (Lipinski definition) is 4. The second kappa shape index (κ2) is 10.6. The number of anilines is 1. The van der Waals surface area contributed by atoms with E-state index in [4.69, 9.17) is 11.6 Å². The molecule has 1 fully saturated rings. The van der Waals surface area contributed by atoms with Crippen molar-refractivity contribution >= 4 is 33.2 Å². The molecule has 0 aromatic heterocycles. The second-order valence-electron chi connectivity index (χ2n) is 8.59. The van der Waals surface area contributed by atoms with E-state index in [1.165, 1.54) is 9.87 Å². The van der Waals surface area contributed by atoms with Crippen molar-refractivity contribution in [3.8, 4) is 0 Å². The number of rotatable bonds is 8. The van der Waals surface area contributed by atoms with Crippen molar-refractivity contribution in [3.05, 3.63) is 101 Å². The minimum atomic E-state index is -3.55. The summed E-state index contributed by atoms with van der Waals surface area (Å²) in [6, 6.07) is 24.2. The normalized spacial score (nSPS) is 16.4. The van der Waals surface area contributed by atoms with E-state index in [1.807, 2.05) is 24.3 Å². The Morgan fingerprint density at radius 3 is 2.38 bits per heavy atom. The van der Waals surface area contributed by atoms with Crippen LogP contribution in [0.25, 0.3) is 0 Å². The van der Waals surface area contributed by atoms with Crippen molar-refractivity contribution in [3.63, 3.8) is 0 Å². The van der Waals surface area contributed by atoms with Crippen molar-refractivity contribution in [1.82, 2.24) is 10.2 Å². The fraction of sp³-hybridized carbons (Fsp3) is 0.269. The second-order valence-corrected chi connectivity index (χ2v) is 10.9. The third kappa shape index (κ3) is 6.17. The van der Waals surface area contributed by atoms with Crippen LogP contribution in [0.2, 0.25) is 5.02 Å². The Bertz CT molecular complexity index is 1230. The summed E-state index contributed by atoms with van der Waals surface area (Å²) >= 11 is 6.23. The highest BCUT2D eigenvalue weighted by molar-refractivity contribution is 7.92. The fourth-order valence-electron chi connectivity index (χ4n) is 4.16. The molecule has 0 spiro atoms. The van der Waals surface area contributed by atoms with E-state index in [-0.39, 0.29) is 18.5 Å². The topological polar surface area (TPSA) is 69.7 Å². The lowest BCUT2D eigenvalue weighted by atomic mass is 10.1. The molecule has 1 heterocycles. The Morgan fingerprint density at radius 1 is 1.03 bits per heavy atom. The lowest BCUT2D eigenvalue weighted by Crippen LogP contribution is -2.37. The van der Waals surface area contributed by atoms with Crippen LogP contribution in [0.4, 0.5) is 5.69 Å². The summed E-state index contributed by atoms with van der Waals surface area (Å²) in [5.41, 5.74) is 2.94. The Morgan fingerprint density at radius 2 is 1.71 bits per heavy atom. The summed E-state index contributed by atoms with van der Waals surface area (Å²) in [4.78, 5) is 15.1. The van der Waals surface area contributed by atoms with Crippen molar-refractivity contribution in [2.24, 2.45) is 0 Å². The lowest BCUT2D eigenvalue weighted by Gasteiger charge is -2.23. The molecule has 0 saturated carbocycles. The number of nitrogens with one attached hydrogen (secondary N) is 1. The quantitative estimate of drug-likeness (QED) is 0.503. The van der Waals surface area contributed by atoms with Gasteiger partial charge in [0.2, 0.25) is 10.0 Å². The van der Waals surface area contributed by atoms with Crippen LogP contribution in [0.15, 0.2) is 78.9 Å². The van der Waals surface area contributed by atoms with Gasteiger partial charge in [-0.25, -0.2) is 8.42 Å². The summed E-state index contributed by atoms with van der Waals surface area (Å²) < 4.78 is 26.2. The molecule has 0 bridgehead atoms. The molecule has 8 heteroatoms. The van der Waals surface area contributed by atoms with Crippen LogP contribution in [-0.4, -0.2) is 44.6 Å². The maximum absolute atomic E-state index is 12.8. The molecule has 0 aliphatic carbocycles. The van der Waals surface area contributed by atoms with E-state index >= 15 is 0 Å². The Hall–Kier alpha value is -2.87. The van der Waals surface area contributed by atoms with Crippen LogP contribution in [-0.2, 0) is 23.1 Å². The van der Waals surface area contributed by atoms with Crippen molar-refractivity contribution in [1.29, 1.82) is 0 Å². The first kappa shape index (κ1) is 24.3. The Balaban J connectivity index is 1.39. The van der Waals surface area contributed by atoms with Gasteiger partial charge in [0.15, 0.2) is 0 Å². The number of benzene rings is 3. The highest BCUT2D eigenvalue weighted by Crippen LogP contribution is 2.24. The number of nitrogens with zero attached hydrogens (tertiary/aromatic N) is 2. The van der Waals surface area contributed by atoms with Gasteiger partial charge in [-0.2, -0.15) is 0 Å². The highest BCUT2D eigenvalue weighted by atomic mass is 35.5. The molecular weight excluding hydrogens is 470 g/mol. The molecule has 6 nitrogen and oxygen atoms in total. The van der Waals surface area contributed by atoms with Crippen LogP contribution in [0.1, 0.15) is 27.9 Å². The zero-order valence-corrected chi connectivity index (χ0v) is 20.6.